The maximum Gasteiger partial charge on any atom is 0.316 e. The molecule has 0 aliphatic rings. The van der Waals surface area contributed by atoms with Gasteiger partial charge in [0, 0.05) is 5.56 Å². The van der Waals surface area contributed by atoms with Crippen molar-refractivity contribution < 1.29 is 14.3 Å². The number of carbonyl (C=O) groups excluding carboxylic acids is 1. The normalized spacial score (nSPS) is 10.1. The van der Waals surface area contributed by atoms with Gasteiger partial charge in [-0.25, -0.2) is 9.97 Å². The fourth-order valence-electron chi connectivity index (χ4n) is 1.73. The van der Waals surface area contributed by atoms with Crippen LogP contribution in [0.4, 0.5) is 5.69 Å². The molecule has 1 N–H and O–H groups in total. The van der Waals surface area contributed by atoms with E-state index in [0.29, 0.717) is 17.9 Å². The number of hydrogen-bond acceptors (Lipinski definition) is 5. The van der Waals surface area contributed by atoms with Gasteiger partial charge >= 0.3 is 6.01 Å². The third-order valence-electron chi connectivity index (χ3n) is 2.95. The van der Waals surface area contributed by atoms with Crippen LogP contribution in [0.2, 0.25) is 0 Å². The molecule has 1 amide bonds. The average Bonchev–Trinajstić information content (AvgIpc) is 2.56. The summed E-state index contributed by atoms with van der Waals surface area (Å²) in [7, 11) is 1.48. The van der Waals surface area contributed by atoms with Gasteiger partial charge in [0.15, 0.2) is 0 Å². The van der Waals surface area contributed by atoms with Gasteiger partial charge in [0.1, 0.15) is 5.75 Å². The second-order valence-corrected chi connectivity index (χ2v) is 4.64. The Morgan fingerprint density at radius 1 is 1.18 bits per heavy atom. The molecule has 2 rings (SSSR count). The zero-order valence-corrected chi connectivity index (χ0v) is 12.7. The van der Waals surface area contributed by atoms with E-state index in [1.54, 1.807) is 24.3 Å². The molecule has 0 unspecified atom stereocenters. The van der Waals surface area contributed by atoms with Crippen molar-refractivity contribution in [1.29, 1.82) is 0 Å². The minimum atomic E-state index is -0.228. The van der Waals surface area contributed by atoms with Crippen LogP contribution in [-0.4, -0.2) is 29.6 Å². The Kier molecular flexibility index (Phi) is 5.71. The number of nitrogens with zero attached hydrogens (tertiary/aromatic N) is 2. The molecule has 1 heterocycles. The summed E-state index contributed by atoms with van der Waals surface area (Å²) in [6, 6.07) is 7.28. The SMILES string of the molecule is CCCCOc1ccc(C(=O)Nc2cnc(OC)nc2)cc1. The zero-order chi connectivity index (χ0) is 15.8. The Hall–Kier alpha value is -2.63. The van der Waals surface area contributed by atoms with Crippen LogP contribution in [0.1, 0.15) is 30.1 Å². The fourth-order valence-corrected chi connectivity index (χ4v) is 1.73. The summed E-state index contributed by atoms with van der Waals surface area (Å²) in [4.78, 5) is 20.0. The van der Waals surface area contributed by atoms with E-state index >= 15 is 0 Å². The first kappa shape index (κ1) is 15.8. The van der Waals surface area contributed by atoms with Crippen molar-refractivity contribution in [3.63, 3.8) is 0 Å². The highest BCUT2D eigenvalue weighted by Crippen LogP contribution is 2.14. The molecule has 0 radical (unpaired) electrons. The quantitative estimate of drug-likeness (QED) is 0.796. The molecule has 2 aromatic rings. The van der Waals surface area contributed by atoms with Crippen molar-refractivity contribution in [3.05, 3.63) is 42.2 Å². The molecular weight excluding hydrogens is 282 g/mol. The summed E-state index contributed by atoms with van der Waals surface area (Å²) in [6.45, 7) is 2.80. The Morgan fingerprint density at radius 2 is 1.86 bits per heavy atom. The van der Waals surface area contributed by atoms with E-state index in [1.807, 2.05) is 0 Å². The average molecular weight is 301 g/mol. The van der Waals surface area contributed by atoms with Crippen LogP contribution in [0.25, 0.3) is 0 Å². The Labute approximate surface area is 129 Å². The Bertz CT molecular complexity index is 597. The molecule has 6 nitrogen and oxygen atoms in total. The summed E-state index contributed by atoms with van der Waals surface area (Å²) in [5.74, 6) is 0.534. The molecule has 1 aromatic carbocycles. The zero-order valence-electron chi connectivity index (χ0n) is 12.7. The van der Waals surface area contributed by atoms with Gasteiger partial charge in [-0.15, -0.1) is 0 Å². The number of anilines is 1. The van der Waals surface area contributed by atoms with Gasteiger partial charge in [0.2, 0.25) is 0 Å². The number of rotatable bonds is 7. The Balaban J connectivity index is 1.94. The molecule has 0 saturated heterocycles. The summed E-state index contributed by atoms with van der Waals surface area (Å²) >= 11 is 0. The molecule has 6 heteroatoms. The van der Waals surface area contributed by atoms with Crippen molar-refractivity contribution in [2.24, 2.45) is 0 Å². The molecular formula is C16H19N3O3. The van der Waals surface area contributed by atoms with Gasteiger partial charge in [-0.05, 0) is 30.7 Å². The van der Waals surface area contributed by atoms with E-state index in [0.717, 1.165) is 18.6 Å². The first-order valence-electron chi connectivity index (χ1n) is 7.13. The number of benzene rings is 1. The largest absolute Gasteiger partial charge is 0.494 e. The van der Waals surface area contributed by atoms with Crippen molar-refractivity contribution in [2.45, 2.75) is 19.8 Å². The first-order chi connectivity index (χ1) is 10.7. The van der Waals surface area contributed by atoms with Crippen molar-refractivity contribution in [1.82, 2.24) is 9.97 Å². The maximum absolute atomic E-state index is 12.1. The molecule has 0 saturated carbocycles. The first-order valence-corrected chi connectivity index (χ1v) is 7.13. The third-order valence-corrected chi connectivity index (χ3v) is 2.95. The summed E-state index contributed by atoms with van der Waals surface area (Å²) in [5.41, 5.74) is 1.05. The summed E-state index contributed by atoms with van der Waals surface area (Å²) < 4.78 is 10.4. The van der Waals surface area contributed by atoms with Crippen LogP contribution < -0.4 is 14.8 Å². The number of unbranched alkanes of at least 4 members (excludes halogenated alkanes) is 1. The fraction of sp³-hybridized carbons (Fsp3) is 0.312. The number of nitrogens with one attached hydrogen (secondary N) is 1. The maximum atomic E-state index is 12.1. The van der Waals surface area contributed by atoms with Crippen molar-refractivity contribution in [2.75, 3.05) is 19.0 Å². The molecule has 1 aromatic heterocycles. The van der Waals surface area contributed by atoms with E-state index in [1.165, 1.54) is 19.5 Å². The van der Waals surface area contributed by atoms with E-state index in [2.05, 4.69) is 22.2 Å². The van der Waals surface area contributed by atoms with E-state index in [9.17, 15) is 4.79 Å². The third kappa shape index (κ3) is 4.44. The van der Waals surface area contributed by atoms with Crippen molar-refractivity contribution >= 4 is 11.6 Å². The lowest BCUT2D eigenvalue weighted by molar-refractivity contribution is 0.102. The van der Waals surface area contributed by atoms with Gasteiger partial charge in [-0.3, -0.25) is 4.79 Å². The number of hydrogen-bond donors (Lipinski definition) is 1. The lowest BCUT2D eigenvalue weighted by atomic mass is 10.2. The van der Waals surface area contributed by atoms with Crippen LogP contribution in [0.3, 0.4) is 0 Å². The molecule has 22 heavy (non-hydrogen) atoms. The van der Waals surface area contributed by atoms with Gasteiger partial charge < -0.3 is 14.8 Å². The van der Waals surface area contributed by atoms with E-state index in [4.69, 9.17) is 9.47 Å². The molecule has 0 spiro atoms. The number of aromatic nitrogens is 2. The van der Waals surface area contributed by atoms with Crippen molar-refractivity contribution in [3.8, 4) is 11.8 Å². The lowest BCUT2D eigenvalue weighted by Crippen LogP contribution is -2.12. The minimum absolute atomic E-state index is 0.228. The molecule has 0 fully saturated rings. The second kappa shape index (κ2) is 7.97. The smallest absolute Gasteiger partial charge is 0.316 e. The highest BCUT2D eigenvalue weighted by atomic mass is 16.5. The number of ether oxygens (including phenoxy) is 2. The van der Waals surface area contributed by atoms with Gasteiger partial charge in [0.05, 0.1) is 31.8 Å². The van der Waals surface area contributed by atoms with E-state index < -0.39 is 0 Å². The summed E-state index contributed by atoms with van der Waals surface area (Å²) in [5, 5.41) is 2.72. The topological polar surface area (TPSA) is 73.3 Å². The predicted molar refractivity (Wildman–Crippen MR) is 83.4 cm³/mol. The monoisotopic (exact) mass is 301 g/mol. The van der Waals surface area contributed by atoms with E-state index in [-0.39, 0.29) is 11.9 Å². The molecule has 0 atom stereocenters. The van der Waals surface area contributed by atoms with Gasteiger partial charge in [-0.1, -0.05) is 13.3 Å². The van der Waals surface area contributed by atoms with Crippen LogP contribution in [0.5, 0.6) is 11.8 Å². The van der Waals surface area contributed by atoms with Gasteiger partial charge in [0.25, 0.3) is 5.91 Å². The molecule has 0 aliphatic carbocycles. The number of amides is 1. The number of methoxy groups -OCH3 is 1. The standard InChI is InChI=1S/C16H19N3O3/c1-3-4-9-22-14-7-5-12(6-8-14)15(20)19-13-10-17-16(21-2)18-11-13/h5-8,10-11H,3-4,9H2,1-2H3,(H,19,20). The summed E-state index contributed by atoms with van der Waals surface area (Å²) in [6.07, 6.45) is 5.09. The van der Waals surface area contributed by atoms with Crippen LogP contribution >= 0.6 is 0 Å². The minimum Gasteiger partial charge on any atom is -0.494 e. The van der Waals surface area contributed by atoms with Crippen LogP contribution in [-0.2, 0) is 0 Å². The predicted octanol–water partition coefficient (Wildman–Crippen LogP) is 2.92. The Morgan fingerprint density at radius 3 is 2.45 bits per heavy atom. The highest BCUT2D eigenvalue weighted by Gasteiger charge is 2.07. The van der Waals surface area contributed by atoms with Gasteiger partial charge in [-0.2, -0.15) is 0 Å². The molecule has 0 aliphatic heterocycles. The molecule has 116 valence electrons. The molecule has 0 bridgehead atoms. The lowest BCUT2D eigenvalue weighted by Gasteiger charge is -2.07. The number of carbonyl (C=O) groups is 1. The second-order valence-electron chi connectivity index (χ2n) is 4.64. The van der Waals surface area contributed by atoms with Crippen LogP contribution in [0, 0.1) is 0 Å². The van der Waals surface area contributed by atoms with Crippen LogP contribution in [0.15, 0.2) is 36.7 Å². The highest BCUT2D eigenvalue weighted by molar-refractivity contribution is 6.04.